The number of fused-ring (bicyclic) bond motifs is 1. The number of hydrogen-bond acceptors (Lipinski definition) is 4. The second-order valence-electron chi connectivity index (χ2n) is 5.07. The molecule has 2 aromatic rings. The maximum absolute atomic E-state index is 9.18. The first kappa shape index (κ1) is 13.8. The van der Waals surface area contributed by atoms with E-state index in [0.717, 1.165) is 16.9 Å². The average molecular weight is 286 g/mol. The molecule has 3 rings (SSSR count). The van der Waals surface area contributed by atoms with E-state index in [4.69, 9.17) is 14.2 Å². The lowest BCUT2D eigenvalue weighted by atomic mass is 10.0. The average Bonchev–Trinajstić information content (AvgIpc) is 2.53. The van der Waals surface area contributed by atoms with Crippen LogP contribution in [0.5, 0.6) is 17.2 Å². The van der Waals surface area contributed by atoms with E-state index in [1.54, 1.807) is 7.11 Å². The van der Waals surface area contributed by atoms with E-state index in [1.165, 1.54) is 0 Å². The van der Waals surface area contributed by atoms with Crippen molar-refractivity contribution < 1.29 is 19.3 Å². The Hall–Kier alpha value is -2.20. The Morgan fingerprint density at radius 3 is 2.48 bits per heavy atom. The zero-order valence-corrected chi connectivity index (χ0v) is 12.1. The van der Waals surface area contributed by atoms with Crippen molar-refractivity contribution in [2.75, 3.05) is 7.11 Å². The van der Waals surface area contributed by atoms with Crippen LogP contribution in [0.4, 0.5) is 0 Å². The van der Waals surface area contributed by atoms with Gasteiger partial charge >= 0.3 is 0 Å². The van der Waals surface area contributed by atoms with Gasteiger partial charge in [0.1, 0.15) is 11.9 Å². The molecule has 0 radical (unpaired) electrons. The first-order valence-corrected chi connectivity index (χ1v) is 6.92. The number of methoxy groups -OCH3 is 1. The molecule has 4 nitrogen and oxygen atoms in total. The van der Waals surface area contributed by atoms with E-state index in [2.05, 4.69) is 0 Å². The van der Waals surface area contributed by atoms with Gasteiger partial charge in [-0.15, -0.1) is 0 Å². The van der Waals surface area contributed by atoms with Gasteiger partial charge in [-0.05, 0) is 42.3 Å². The molecule has 0 spiro atoms. The summed E-state index contributed by atoms with van der Waals surface area (Å²) >= 11 is 0. The monoisotopic (exact) mass is 286 g/mol. The second-order valence-corrected chi connectivity index (χ2v) is 5.07. The fourth-order valence-electron chi connectivity index (χ4n) is 2.47. The summed E-state index contributed by atoms with van der Waals surface area (Å²) in [4.78, 5) is 0. The summed E-state index contributed by atoms with van der Waals surface area (Å²) < 4.78 is 17.2. The molecule has 0 aromatic heterocycles. The third-order valence-corrected chi connectivity index (χ3v) is 3.63. The van der Waals surface area contributed by atoms with E-state index >= 15 is 0 Å². The predicted molar refractivity (Wildman–Crippen MR) is 78.8 cm³/mol. The Labute approximate surface area is 123 Å². The third kappa shape index (κ3) is 2.67. The fraction of sp³-hybridized carbons (Fsp3) is 0.294. The molecule has 1 aliphatic rings. The molecule has 0 fully saturated rings. The van der Waals surface area contributed by atoms with E-state index < -0.39 is 0 Å². The zero-order chi connectivity index (χ0) is 14.8. The Morgan fingerprint density at radius 2 is 1.81 bits per heavy atom. The molecule has 0 amide bonds. The largest absolute Gasteiger partial charge is 0.497 e. The lowest BCUT2D eigenvalue weighted by Crippen LogP contribution is -2.30. The van der Waals surface area contributed by atoms with Gasteiger partial charge in [0.2, 0.25) is 0 Å². The standard InChI is InChI=1S/C17H18O4/c1-11-17(13-4-6-14(19-2)7-5-13)21-15-8-3-12(10-18)9-16(15)20-11/h3-9,11,17-18H,10H2,1-2H3. The minimum Gasteiger partial charge on any atom is -0.497 e. The highest BCUT2D eigenvalue weighted by Gasteiger charge is 2.29. The van der Waals surface area contributed by atoms with Gasteiger partial charge in [-0.3, -0.25) is 0 Å². The summed E-state index contributed by atoms with van der Waals surface area (Å²) in [6.45, 7) is 1.97. The van der Waals surface area contributed by atoms with Crippen LogP contribution in [-0.4, -0.2) is 18.3 Å². The number of rotatable bonds is 3. The van der Waals surface area contributed by atoms with Crippen molar-refractivity contribution >= 4 is 0 Å². The molecule has 1 heterocycles. The van der Waals surface area contributed by atoms with Gasteiger partial charge in [-0.2, -0.15) is 0 Å². The number of aliphatic hydroxyl groups is 1. The molecule has 0 saturated heterocycles. The summed E-state index contributed by atoms with van der Waals surface area (Å²) in [5.41, 5.74) is 1.85. The summed E-state index contributed by atoms with van der Waals surface area (Å²) in [5.74, 6) is 2.20. The van der Waals surface area contributed by atoms with Gasteiger partial charge in [0, 0.05) is 0 Å². The van der Waals surface area contributed by atoms with Gasteiger partial charge in [0.05, 0.1) is 13.7 Å². The number of benzene rings is 2. The quantitative estimate of drug-likeness (QED) is 0.942. The van der Waals surface area contributed by atoms with Crippen LogP contribution in [0.25, 0.3) is 0 Å². The highest BCUT2D eigenvalue weighted by atomic mass is 16.6. The van der Waals surface area contributed by atoms with Crippen LogP contribution >= 0.6 is 0 Å². The topological polar surface area (TPSA) is 47.9 Å². The van der Waals surface area contributed by atoms with Crippen molar-refractivity contribution in [2.45, 2.75) is 25.7 Å². The first-order chi connectivity index (χ1) is 10.2. The van der Waals surface area contributed by atoms with Gasteiger partial charge < -0.3 is 19.3 Å². The molecule has 2 atom stereocenters. The summed E-state index contributed by atoms with van der Waals surface area (Å²) in [6, 6.07) is 13.3. The van der Waals surface area contributed by atoms with Crippen LogP contribution in [0, 0.1) is 0 Å². The van der Waals surface area contributed by atoms with Crippen molar-refractivity contribution in [1.29, 1.82) is 0 Å². The molecule has 2 unspecified atom stereocenters. The molecular formula is C17H18O4. The van der Waals surface area contributed by atoms with E-state index in [0.29, 0.717) is 11.5 Å². The molecule has 0 saturated carbocycles. The zero-order valence-electron chi connectivity index (χ0n) is 12.1. The molecule has 1 aliphatic heterocycles. The maximum atomic E-state index is 9.18. The van der Waals surface area contributed by atoms with Gasteiger partial charge in [0.25, 0.3) is 0 Å². The predicted octanol–water partition coefficient (Wildman–Crippen LogP) is 3.09. The minimum atomic E-state index is -0.164. The Morgan fingerprint density at radius 1 is 1.05 bits per heavy atom. The van der Waals surface area contributed by atoms with Crippen molar-refractivity contribution in [3.63, 3.8) is 0 Å². The van der Waals surface area contributed by atoms with Gasteiger partial charge in [-0.1, -0.05) is 18.2 Å². The van der Waals surface area contributed by atoms with Crippen LogP contribution in [0.15, 0.2) is 42.5 Å². The van der Waals surface area contributed by atoms with Crippen LogP contribution < -0.4 is 14.2 Å². The smallest absolute Gasteiger partial charge is 0.162 e. The molecule has 4 heteroatoms. The summed E-state index contributed by atoms with van der Waals surface area (Å²) in [5, 5.41) is 9.18. The summed E-state index contributed by atoms with van der Waals surface area (Å²) in [7, 11) is 1.65. The van der Waals surface area contributed by atoms with Crippen molar-refractivity contribution in [3.8, 4) is 17.2 Å². The molecule has 110 valence electrons. The molecule has 0 bridgehead atoms. The SMILES string of the molecule is COc1ccc(C2Oc3ccc(CO)cc3OC2C)cc1. The Bertz CT molecular complexity index is 621. The van der Waals surface area contributed by atoms with Crippen LogP contribution in [-0.2, 0) is 6.61 Å². The lowest BCUT2D eigenvalue weighted by Gasteiger charge is -2.32. The third-order valence-electron chi connectivity index (χ3n) is 3.63. The lowest BCUT2D eigenvalue weighted by molar-refractivity contribution is 0.0304. The van der Waals surface area contributed by atoms with Crippen molar-refractivity contribution in [2.24, 2.45) is 0 Å². The highest BCUT2D eigenvalue weighted by Crippen LogP contribution is 2.40. The van der Waals surface area contributed by atoms with Crippen molar-refractivity contribution in [3.05, 3.63) is 53.6 Å². The van der Waals surface area contributed by atoms with Crippen LogP contribution in [0.2, 0.25) is 0 Å². The summed E-state index contributed by atoms with van der Waals surface area (Å²) in [6.07, 6.45) is -0.275. The molecule has 0 aliphatic carbocycles. The second kappa shape index (κ2) is 5.66. The fourth-order valence-corrected chi connectivity index (χ4v) is 2.47. The molecule has 1 N–H and O–H groups in total. The molecule has 2 aromatic carbocycles. The highest BCUT2D eigenvalue weighted by molar-refractivity contribution is 5.45. The Kier molecular flexibility index (Phi) is 3.71. The van der Waals surface area contributed by atoms with E-state index in [-0.39, 0.29) is 18.8 Å². The molecular weight excluding hydrogens is 268 g/mol. The van der Waals surface area contributed by atoms with E-state index in [9.17, 15) is 5.11 Å². The minimum absolute atomic E-state index is 0.00701. The number of hydrogen-bond donors (Lipinski definition) is 1. The van der Waals surface area contributed by atoms with Crippen LogP contribution in [0.1, 0.15) is 24.2 Å². The first-order valence-electron chi connectivity index (χ1n) is 6.92. The van der Waals surface area contributed by atoms with Gasteiger partial charge in [0.15, 0.2) is 17.6 Å². The number of aliphatic hydroxyl groups excluding tert-OH is 1. The normalized spacial score (nSPS) is 20.1. The Balaban J connectivity index is 1.87. The van der Waals surface area contributed by atoms with Crippen LogP contribution in [0.3, 0.4) is 0 Å². The number of ether oxygens (including phenoxy) is 3. The molecule has 21 heavy (non-hydrogen) atoms. The van der Waals surface area contributed by atoms with Crippen molar-refractivity contribution in [1.82, 2.24) is 0 Å². The van der Waals surface area contributed by atoms with E-state index in [1.807, 2.05) is 49.4 Å². The maximum Gasteiger partial charge on any atom is 0.162 e. The van der Waals surface area contributed by atoms with Gasteiger partial charge in [-0.25, -0.2) is 0 Å².